The number of nitrogens with two attached hydrogens (primary N) is 1. The molecule has 0 aliphatic rings. The lowest BCUT2D eigenvalue weighted by molar-refractivity contribution is 0.100. The van der Waals surface area contributed by atoms with E-state index in [1.54, 1.807) is 12.1 Å². The highest BCUT2D eigenvalue weighted by Gasteiger charge is 2.19. The Morgan fingerprint density at radius 2 is 2.10 bits per heavy atom. The number of nitrogens with one attached hydrogen (secondary N) is 2. The number of carbonyl (C=O) groups excluding carboxylic acids is 1. The molecule has 0 fully saturated rings. The number of hydrogen-bond acceptors (Lipinski definition) is 4. The van der Waals surface area contributed by atoms with Crippen LogP contribution in [0.25, 0.3) is 0 Å². The average Bonchev–Trinajstić information content (AvgIpc) is 2.88. The molecule has 0 unspecified atom stereocenters. The number of aryl methyl sites for hydroxylation is 1. The zero-order chi connectivity index (χ0) is 14.8. The lowest BCUT2D eigenvalue weighted by Gasteiger charge is -2.09. The summed E-state index contributed by atoms with van der Waals surface area (Å²) in [6, 6.07) is 6.12. The third kappa shape index (κ3) is 2.80. The molecule has 0 aliphatic carbocycles. The van der Waals surface area contributed by atoms with E-state index < -0.39 is 15.9 Å². The van der Waals surface area contributed by atoms with E-state index >= 15 is 0 Å². The fourth-order valence-corrected chi connectivity index (χ4v) is 2.67. The van der Waals surface area contributed by atoms with Crippen molar-refractivity contribution in [3.05, 3.63) is 41.9 Å². The van der Waals surface area contributed by atoms with Gasteiger partial charge in [0, 0.05) is 6.42 Å². The van der Waals surface area contributed by atoms with Crippen molar-refractivity contribution in [1.29, 1.82) is 0 Å². The van der Waals surface area contributed by atoms with Crippen molar-refractivity contribution in [3.63, 3.8) is 0 Å². The van der Waals surface area contributed by atoms with Crippen LogP contribution >= 0.6 is 0 Å². The minimum absolute atomic E-state index is 0.0615. The Bertz CT molecular complexity index is 737. The van der Waals surface area contributed by atoms with Crippen LogP contribution in [-0.2, 0) is 16.4 Å². The number of para-hydroxylation sites is 1. The molecular formula is C12H14N4O3S. The highest BCUT2D eigenvalue weighted by Crippen LogP contribution is 2.18. The summed E-state index contributed by atoms with van der Waals surface area (Å²) < 4.78 is 26.7. The molecule has 2 rings (SSSR count). The van der Waals surface area contributed by atoms with Crippen molar-refractivity contribution in [1.82, 2.24) is 9.97 Å². The fourth-order valence-electron chi connectivity index (χ4n) is 1.65. The highest BCUT2D eigenvalue weighted by molar-refractivity contribution is 7.92. The molecule has 1 heterocycles. The van der Waals surface area contributed by atoms with Gasteiger partial charge in [-0.2, -0.15) is 8.42 Å². The van der Waals surface area contributed by atoms with Gasteiger partial charge in [0.25, 0.3) is 15.9 Å². The van der Waals surface area contributed by atoms with Gasteiger partial charge in [0.05, 0.1) is 17.4 Å². The van der Waals surface area contributed by atoms with E-state index in [4.69, 9.17) is 5.73 Å². The Hall–Kier alpha value is -2.35. The van der Waals surface area contributed by atoms with E-state index in [-0.39, 0.29) is 16.3 Å². The second-order valence-corrected chi connectivity index (χ2v) is 5.71. The molecule has 1 amide bonds. The van der Waals surface area contributed by atoms with E-state index in [1.165, 1.54) is 18.3 Å². The molecular weight excluding hydrogens is 280 g/mol. The average molecular weight is 294 g/mol. The number of benzene rings is 1. The zero-order valence-corrected chi connectivity index (χ0v) is 11.6. The minimum atomic E-state index is -3.83. The normalized spacial score (nSPS) is 11.2. The van der Waals surface area contributed by atoms with Crippen LogP contribution in [0.15, 0.2) is 35.5 Å². The summed E-state index contributed by atoms with van der Waals surface area (Å²) in [5.74, 6) is -0.143. The number of aromatic amines is 1. The van der Waals surface area contributed by atoms with Crippen LogP contribution < -0.4 is 10.5 Å². The molecule has 2 aromatic rings. The van der Waals surface area contributed by atoms with Crippen LogP contribution in [0, 0.1) is 0 Å². The van der Waals surface area contributed by atoms with Gasteiger partial charge in [-0.15, -0.1) is 0 Å². The third-order valence-electron chi connectivity index (χ3n) is 2.67. The Morgan fingerprint density at radius 3 is 2.70 bits per heavy atom. The number of primary amides is 1. The van der Waals surface area contributed by atoms with Crippen LogP contribution in [0.4, 0.5) is 5.69 Å². The summed E-state index contributed by atoms with van der Waals surface area (Å²) in [4.78, 5) is 17.9. The van der Waals surface area contributed by atoms with Crippen molar-refractivity contribution in [3.8, 4) is 0 Å². The number of rotatable bonds is 5. The number of imidazole rings is 1. The van der Waals surface area contributed by atoms with Crippen molar-refractivity contribution < 1.29 is 13.2 Å². The van der Waals surface area contributed by atoms with Gasteiger partial charge in [-0.25, -0.2) is 4.98 Å². The molecule has 20 heavy (non-hydrogen) atoms. The van der Waals surface area contributed by atoms with Gasteiger partial charge >= 0.3 is 0 Å². The fraction of sp³-hybridized carbons (Fsp3) is 0.167. The van der Waals surface area contributed by atoms with Crippen LogP contribution in [0.3, 0.4) is 0 Å². The van der Waals surface area contributed by atoms with Gasteiger partial charge in [0.1, 0.15) is 5.82 Å². The van der Waals surface area contributed by atoms with Crippen LogP contribution in [0.2, 0.25) is 0 Å². The van der Waals surface area contributed by atoms with Crippen molar-refractivity contribution in [2.24, 2.45) is 5.73 Å². The van der Waals surface area contributed by atoms with Gasteiger partial charge in [-0.3, -0.25) is 9.52 Å². The molecule has 1 aromatic carbocycles. The maximum Gasteiger partial charge on any atom is 0.279 e. The monoisotopic (exact) mass is 294 g/mol. The zero-order valence-electron chi connectivity index (χ0n) is 10.8. The second kappa shape index (κ2) is 5.33. The van der Waals surface area contributed by atoms with Crippen LogP contribution in [0.5, 0.6) is 0 Å². The highest BCUT2D eigenvalue weighted by atomic mass is 32.2. The number of anilines is 1. The molecule has 0 radical (unpaired) electrons. The first kappa shape index (κ1) is 14.1. The Balaban J connectivity index is 2.36. The molecule has 0 bridgehead atoms. The van der Waals surface area contributed by atoms with Gasteiger partial charge in [0.15, 0.2) is 5.03 Å². The summed E-state index contributed by atoms with van der Waals surface area (Å²) in [6.07, 6.45) is 1.82. The molecule has 0 spiro atoms. The number of carbonyl (C=O) groups is 1. The molecule has 8 heteroatoms. The quantitative estimate of drug-likeness (QED) is 0.758. The molecule has 0 atom stereocenters. The molecule has 0 aliphatic heterocycles. The van der Waals surface area contributed by atoms with E-state index in [0.717, 1.165) is 0 Å². The smallest absolute Gasteiger partial charge is 0.279 e. The number of sulfonamides is 1. The Labute approximate surface area is 116 Å². The van der Waals surface area contributed by atoms with Crippen LogP contribution in [-0.4, -0.2) is 24.3 Å². The third-order valence-corrected chi connectivity index (χ3v) is 3.94. The maximum absolute atomic E-state index is 12.2. The molecule has 1 aromatic heterocycles. The van der Waals surface area contributed by atoms with E-state index in [0.29, 0.717) is 12.2 Å². The largest absolute Gasteiger partial charge is 0.366 e. The topological polar surface area (TPSA) is 118 Å². The second-order valence-electron chi connectivity index (χ2n) is 4.06. The van der Waals surface area contributed by atoms with Gasteiger partial charge in [0.2, 0.25) is 0 Å². The van der Waals surface area contributed by atoms with Gasteiger partial charge in [-0.1, -0.05) is 19.1 Å². The molecule has 7 nitrogen and oxygen atoms in total. The first-order chi connectivity index (χ1) is 9.44. The number of aromatic nitrogens is 2. The van der Waals surface area contributed by atoms with E-state index in [9.17, 15) is 13.2 Å². The predicted octanol–water partition coefficient (Wildman–Crippen LogP) is 0.872. The first-order valence-electron chi connectivity index (χ1n) is 5.89. The molecule has 4 N–H and O–H groups in total. The van der Waals surface area contributed by atoms with Crippen molar-refractivity contribution >= 4 is 21.6 Å². The molecule has 0 saturated heterocycles. The summed E-state index contributed by atoms with van der Waals surface area (Å²) in [7, 11) is -3.83. The molecule has 106 valence electrons. The number of amides is 1. The van der Waals surface area contributed by atoms with Crippen LogP contribution in [0.1, 0.15) is 23.1 Å². The maximum atomic E-state index is 12.2. The van der Waals surface area contributed by atoms with Gasteiger partial charge in [-0.05, 0) is 12.1 Å². The van der Waals surface area contributed by atoms with E-state index in [1.807, 2.05) is 6.92 Å². The lowest BCUT2D eigenvalue weighted by Crippen LogP contribution is -2.18. The minimum Gasteiger partial charge on any atom is -0.366 e. The standard InChI is InChI=1S/C12H14N4O3S/c1-2-10-14-7-11(15-10)20(18,19)16-9-6-4-3-5-8(9)12(13)17/h3-7,16H,2H2,1H3,(H2,13,17)(H,14,15). The Kier molecular flexibility index (Phi) is 3.75. The number of nitrogens with zero attached hydrogens (tertiary/aromatic N) is 1. The number of H-pyrrole nitrogens is 1. The summed E-state index contributed by atoms with van der Waals surface area (Å²) in [6.45, 7) is 1.85. The predicted molar refractivity (Wildman–Crippen MR) is 73.7 cm³/mol. The SMILES string of the molecule is CCc1ncc(S(=O)(=O)Nc2ccccc2C(N)=O)[nH]1. The molecule has 0 saturated carbocycles. The summed E-state index contributed by atoms with van der Waals surface area (Å²) in [5.41, 5.74) is 5.44. The lowest BCUT2D eigenvalue weighted by atomic mass is 10.2. The van der Waals surface area contributed by atoms with E-state index in [2.05, 4.69) is 14.7 Å². The number of hydrogen-bond donors (Lipinski definition) is 3. The Morgan fingerprint density at radius 1 is 1.40 bits per heavy atom. The van der Waals surface area contributed by atoms with Crippen molar-refractivity contribution in [2.45, 2.75) is 18.4 Å². The first-order valence-corrected chi connectivity index (χ1v) is 7.38. The van der Waals surface area contributed by atoms with Crippen molar-refractivity contribution in [2.75, 3.05) is 4.72 Å². The summed E-state index contributed by atoms with van der Waals surface area (Å²) in [5, 5.41) is -0.0615. The summed E-state index contributed by atoms with van der Waals surface area (Å²) >= 11 is 0. The van der Waals surface area contributed by atoms with Gasteiger partial charge < -0.3 is 10.7 Å².